The molecule has 0 radical (unpaired) electrons. The molecule has 106 valence electrons. The van der Waals surface area contributed by atoms with E-state index in [2.05, 4.69) is 19.1 Å². The molecular weight excluding hydrogens is 251 g/mol. The highest BCUT2D eigenvalue weighted by molar-refractivity contribution is 5.39. The Morgan fingerprint density at radius 2 is 1.60 bits per heavy atom. The van der Waals surface area contributed by atoms with Gasteiger partial charge in [0.2, 0.25) is 0 Å². The van der Waals surface area contributed by atoms with E-state index in [1.807, 2.05) is 13.8 Å². The predicted molar refractivity (Wildman–Crippen MR) is 80.3 cm³/mol. The van der Waals surface area contributed by atoms with Crippen LogP contribution in [0.2, 0.25) is 0 Å². The Kier molecular flexibility index (Phi) is 3.96. The summed E-state index contributed by atoms with van der Waals surface area (Å²) in [5.74, 6) is -0.361. The molecule has 20 heavy (non-hydrogen) atoms. The number of aliphatic hydroxyl groups is 1. The molecule has 0 aliphatic rings. The van der Waals surface area contributed by atoms with Crippen molar-refractivity contribution in [2.45, 2.75) is 39.7 Å². The summed E-state index contributed by atoms with van der Waals surface area (Å²) in [6.45, 7) is 7.79. The van der Waals surface area contributed by atoms with Gasteiger partial charge >= 0.3 is 0 Å². The van der Waals surface area contributed by atoms with Gasteiger partial charge in [0, 0.05) is 12.0 Å². The minimum atomic E-state index is -1.21. The summed E-state index contributed by atoms with van der Waals surface area (Å²) in [6.07, 6.45) is 0.409. The van der Waals surface area contributed by atoms with Gasteiger partial charge in [0.1, 0.15) is 5.82 Å². The smallest absolute Gasteiger partial charge is 0.129 e. The van der Waals surface area contributed by atoms with Gasteiger partial charge in [-0.15, -0.1) is 0 Å². The fraction of sp³-hybridized carbons (Fsp3) is 0.333. The van der Waals surface area contributed by atoms with Crippen LogP contribution in [0.25, 0.3) is 0 Å². The molecule has 2 heteroatoms. The maximum absolute atomic E-state index is 13.9. The maximum atomic E-state index is 13.9. The molecule has 1 unspecified atom stereocenters. The van der Waals surface area contributed by atoms with Crippen molar-refractivity contribution in [3.8, 4) is 0 Å². The summed E-state index contributed by atoms with van der Waals surface area (Å²) < 4.78 is 13.9. The second kappa shape index (κ2) is 5.37. The molecule has 2 aromatic rings. The van der Waals surface area contributed by atoms with Crippen LogP contribution in [0.1, 0.15) is 34.7 Å². The summed E-state index contributed by atoms with van der Waals surface area (Å²) >= 11 is 0. The van der Waals surface area contributed by atoms with E-state index < -0.39 is 5.60 Å². The zero-order valence-corrected chi connectivity index (χ0v) is 12.5. The Labute approximate surface area is 120 Å². The highest BCUT2D eigenvalue weighted by Gasteiger charge is 2.27. The normalized spacial score (nSPS) is 14.1. The average molecular weight is 272 g/mol. The Bertz CT molecular complexity index is 606. The Hall–Kier alpha value is -1.67. The largest absolute Gasteiger partial charge is 0.385 e. The lowest BCUT2D eigenvalue weighted by Gasteiger charge is -2.26. The Morgan fingerprint density at radius 3 is 2.15 bits per heavy atom. The number of hydrogen-bond acceptors (Lipinski definition) is 1. The lowest BCUT2D eigenvalue weighted by Crippen LogP contribution is -2.26. The van der Waals surface area contributed by atoms with Gasteiger partial charge in [-0.25, -0.2) is 4.39 Å². The van der Waals surface area contributed by atoms with Crippen LogP contribution in [0.3, 0.4) is 0 Å². The predicted octanol–water partition coefficient (Wildman–Crippen LogP) is 4.20. The Balaban J connectivity index is 2.41. The molecule has 1 atom stereocenters. The van der Waals surface area contributed by atoms with Crippen molar-refractivity contribution < 1.29 is 9.50 Å². The van der Waals surface area contributed by atoms with Crippen LogP contribution in [0, 0.1) is 26.6 Å². The lowest BCUT2D eigenvalue weighted by molar-refractivity contribution is 0.0535. The van der Waals surface area contributed by atoms with E-state index in [0.717, 1.165) is 16.7 Å². The van der Waals surface area contributed by atoms with Crippen molar-refractivity contribution in [3.05, 3.63) is 70.0 Å². The van der Waals surface area contributed by atoms with Gasteiger partial charge in [-0.1, -0.05) is 35.9 Å². The van der Waals surface area contributed by atoms with Crippen molar-refractivity contribution >= 4 is 0 Å². The topological polar surface area (TPSA) is 20.2 Å². The molecule has 1 nitrogen and oxygen atoms in total. The highest BCUT2D eigenvalue weighted by Crippen LogP contribution is 2.30. The van der Waals surface area contributed by atoms with Gasteiger partial charge in [0.15, 0.2) is 0 Å². The molecule has 0 aliphatic heterocycles. The molecule has 0 spiro atoms. The molecule has 0 aliphatic carbocycles. The van der Waals surface area contributed by atoms with Gasteiger partial charge in [0.05, 0.1) is 5.60 Å². The van der Waals surface area contributed by atoms with Gasteiger partial charge in [0.25, 0.3) is 0 Å². The molecule has 0 heterocycles. The zero-order chi connectivity index (χ0) is 14.9. The lowest BCUT2D eigenvalue weighted by atomic mass is 9.85. The van der Waals surface area contributed by atoms with Gasteiger partial charge < -0.3 is 5.11 Å². The summed E-state index contributed by atoms with van der Waals surface area (Å²) in [7, 11) is 0. The van der Waals surface area contributed by atoms with Crippen LogP contribution in [-0.2, 0) is 12.0 Å². The summed E-state index contributed by atoms with van der Waals surface area (Å²) in [4.78, 5) is 0. The van der Waals surface area contributed by atoms with Gasteiger partial charge in [-0.05, 0) is 50.5 Å². The molecule has 0 aromatic heterocycles. The third-order valence-electron chi connectivity index (χ3n) is 3.82. The summed E-state index contributed by atoms with van der Waals surface area (Å²) in [5, 5.41) is 10.7. The fourth-order valence-electron chi connectivity index (χ4n) is 2.83. The molecule has 0 saturated heterocycles. The summed E-state index contributed by atoms with van der Waals surface area (Å²) in [5.41, 5.74) is 3.70. The molecule has 0 fully saturated rings. The number of aryl methyl sites for hydroxylation is 3. The number of hydrogen-bond donors (Lipinski definition) is 1. The summed E-state index contributed by atoms with van der Waals surface area (Å²) in [6, 6.07) is 10.6. The molecule has 0 bridgehead atoms. The maximum Gasteiger partial charge on any atom is 0.129 e. The molecular formula is C18H21FO. The van der Waals surface area contributed by atoms with Crippen molar-refractivity contribution in [1.82, 2.24) is 0 Å². The first-order valence-corrected chi connectivity index (χ1v) is 6.85. The minimum Gasteiger partial charge on any atom is -0.385 e. The fourth-order valence-corrected chi connectivity index (χ4v) is 2.83. The van der Waals surface area contributed by atoms with Gasteiger partial charge in [-0.2, -0.15) is 0 Å². The van der Waals surface area contributed by atoms with Crippen LogP contribution >= 0.6 is 0 Å². The monoisotopic (exact) mass is 272 g/mol. The molecule has 1 N–H and O–H groups in total. The van der Waals surface area contributed by atoms with Gasteiger partial charge in [-0.3, -0.25) is 0 Å². The molecule has 2 aromatic carbocycles. The van der Waals surface area contributed by atoms with Crippen LogP contribution in [0.15, 0.2) is 36.4 Å². The van der Waals surface area contributed by atoms with Crippen LogP contribution in [0.5, 0.6) is 0 Å². The number of rotatable bonds is 3. The van der Waals surface area contributed by atoms with Crippen LogP contribution in [-0.4, -0.2) is 5.11 Å². The van der Waals surface area contributed by atoms with E-state index >= 15 is 0 Å². The first-order chi connectivity index (χ1) is 9.31. The van der Waals surface area contributed by atoms with E-state index in [0.29, 0.717) is 12.0 Å². The van der Waals surface area contributed by atoms with Crippen molar-refractivity contribution in [1.29, 1.82) is 0 Å². The molecule has 0 saturated carbocycles. The van der Waals surface area contributed by atoms with Crippen LogP contribution < -0.4 is 0 Å². The van der Waals surface area contributed by atoms with Crippen molar-refractivity contribution in [3.63, 3.8) is 0 Å². The SMILES string of the molecule is Cc1cc(C)c(CC(C)(O)c2ccccc2F)c(C)c1. The quantitative estimate of drug-likeness (QED) is 0.887. The van der Waals surface area contributed by atoms with Crippen molar-refractivity contribution in [2.24, 2.45) is 0 Å². The standard InChI is InChI=1S/C18H21FO/c1-12-9-13(2)15(14(3)10-12)11-18(4,20)16-7-5-6-8-17(16)19/h5-10,20H,11H2,1-4H3. The first kappa shape index (κ1) is 14.7. The molecule has 2 rings (SSSR count). The molecule has 0 amide bonds. The van der Waals surface area contributed by atoms with Crippen LogP contribution in [0.4, 0.5) is 4.39 Å². The first-order valence-electron chi connectivity index (χ1n) is 6.85. The van der Waals surface area contributed by atoms with E-state index in [1.54, 1.807) is 25.1 Å². The van der Waals surface area contributed by atoms with E-state index in [4.69, 9.17) is 0 Å². The third-order valence-corrected chi connectivity index (χ3v) is 3.82. The second-order valence-corrected chi connectivity index (χ2v) is 5.81. The van der Waals surface area contributed by atoms with E-state index in [-0.39, 0.29) is 5.82 Å². The average Bonchev–Trinajstić information content (AvgIpc) is 2.34. The van der Waals surface area contributed by atoms with Crippen molar-refractivity contribution in [2.75, 3.05) is 0 Å². The van der Waals surface area contributed by atoms with E-state index in [1.165, 1.54) is 11.6 Å². The second-order valence-electron chi connectivity index (χ2n) is 5.81. The Morgan fingerprint density at radius 1 is 1.05 bits per heavy atom. The zero-order valence-electron chi connectivity index (χ0n) is 12.5. The number of halogens is 1. The third kappa shape index (κ3) is 2.91. The number of benzene rings is 2. The van der Waals surface area contributed by atoms with E-state index in [9.17, 15) is 9.50 Å². The minimum absolute atomic E-state index is 0.347. The highest BCUT2D eigenvalue weighted by atomic mass is 19.1.